The van der Waals surface area contributed by atoms with Gasteiger partial charge in [0.05, 0.1) is 0 Å². The van der Waals surface area contributed by atoms with Crippen LogP contribution in [0.25, 0.3) is 0 Å². The van der Waals surface area contributed by atoms with E-state index in [-0.39, 0.29) is 12.2 Å². The van der Waals surface area contributed by atoms with Gasteiger partial charge < -0.3 is 19.4 Å². The summed E-state index contributed by atoms with van der Waals surface area (Å²) in [4.78, 5) is 16.9. The van der Waals surface area contributed by atoms with Gasteiger partial charge in [-0.15, -0.1) is 0 Å². The van der Waals surface area contributed by atoms with Crippen LogP contribution in [0.4, 0.5) is 0 Å². The number of benzene rings is 1. The van der Waals surface area contributed by atoms with Crippen LogP contribution in [0.2, 0.25) is 0 Å². The molecule has 1 aliphatic heterocycles. The van der Waals surface area contributed by atoms with Gasteiger partial charge in [-0.3, -0.25) is 0 Å². The largest absolute Gasteiger partial charge is 0.479 e. The van der Waals surface area contributed by atoms with Gasteiger partial charge in [0, 0.05) is 22.6 Å². The maximum Gasteiger partial charge on any atom is 0.344 e. The minimum atomic E-state index is -1.02. The summed E-state index contributed by atoms with van der Waals surface area (Å²) in [5, 5.41) is 13.5. The van der Waals surface area contributed by atoms with Gasteiger partial charge in [-0.2, -0.15) is 0 Å². The van der Waals surface area contributed by atoms with Crippen LogP contribution in [0.5, 0.6) is 5.75 Å². The zero-order chi connectivity index (χ0) is 18.7. The number of ether oxygens (including phenoxy) is 2. The van der Waals surface area contributed by atoms with Crippen LogP contribution in [0.3, 0.4) is 0 Å². The molecule has 3 atom stereocenters. The molecule has 7 heteroatoms. The molecule has 142 valence electrons. The maximum absolute atomic E-state index is 11.2. The van der Waals surface area contributed by atoms with Crippen molar-refractivity contribution in [2.24, 2.45) is 11.1 Å². The summed E-state index contributed by atoms with van der Waals surface area (Å²) in [6, 6.07) is 5.43. The molecule has 1 saturated carbocycles. The molecule has 2 aliphatic rings. The van der Waals surface area contributed by atoms with Crippen LogP contribution in [0, 0.1) is 5.92 Å². The molecule has 0 radical (unpaired) electrons. The Kier molecular flexibility index (Phi) is 6.19. The molecule has 2 unspecified atom stereocenters. The molecule has 1 aromatic rings. The van der Waals surface area contributed by atoms with E-state index in [2.05, 4.69) is 28.0 Å². The highest BCUT2D eigenvalue weighted by atomic mass is 79.9. The third-order valence-electron chi connectivity index (χ3n) is 4.59. The first kappa shape index (κ1) is 19.2. The quantitative estimate of drug-likeness (QED) is 0.604. The fourth-order valence-corrected chi connectivity index (χ4v) is 3.28. The van der Waals surface area contributed by atoms with Crippen molar-refractivity contribution in [1.82, 2.24) is 0 Å². The van der Waals surface area contributed by atoms with Crippen LogP contribution in [-0.2, 0) is 14.4 Å². The summed E-state index contributed by atoms with van der Waals surface area (Å²) in [5.41, 5.74) is 1.38. The average Bonchev–Trinajstić information content (AvgIpc) is 3.37. The van der Waals surface area contributed by atoms with E-state index in [0.717, 1.165) is 30.2 Å². The topological polar surface area (TPSA) is 77.4 Å². The number of hydrogen-bond donors (Lipinski definition) is 1. The van der Waals surface area contributed by atoms with Gasteiger partial charge in [0.1, 0.15) is 17.6 Å². The summed E-state index contributed by atoms with van der Waals surface area (Å²) in [6.07, 6.45) is 2.97. The van der Waals surface area contributed by atoms with Crippen molar-refractivity contribution in [3.8, 4) is 5.75 Å². The first-order valence-electron chi connectivity index (χ1n) is 9.06. The molecular formula is C19H24BrNO5. The first-order valence-corrected chi connectivity index (χ1v) is 9.85. The molecule has 0 bridgehead atoms. The molecule has 1 heterocycles. The third kappa shape index (κ3) is 4.38. The fourth-order valence-electron chi connectivity index (χ4n) is 2.92. The number of aliphatic carboxylic acids is 1. The van der Waals surface area contributed by atoms with Crippen molar-refractivity contribution in [1.29, 1.82) is 0 Å². The molecule has 0 amide bonds. The summed E-state index contributed by atoms with van der Waals surface area (Å²) in [6.45, 7) is 4.27. The van der Waals surface area contributed by atoms with Gasteiger partial charge in [-0.05, 0) is 44.4 Å². The number of halogens is 1. The summed E-state index contributed by atoms with van der Waals surface area (Å²) in [7, 11) is 0. The second kappa shape index (κ2) is 8.39. The van der Waals surface area contributed by atoms with E-state index in [9.17, 15) is 4.79 Å². The van der Waals surface area contributed by atoms with Gasteiger partial charge in [-0.1, -0.05) is 34.4 Å². The molecule has 1 aromatic carbocycles. The van der Waals surface area contributed by atoms with E-state index < -0.39 is 12.1 Å². The molecule has 26 heavy (non-hydrogen) atoms. The number of hydrogen-bond acceptors (Lipinski definition) is 5. The Balaban J connectivity index is 1.87. The lowest BCUT2D eigenvalue weighted by Crippen LogP contribution is -2.35. The second-order valence-electron chi connectivity index (χ2n) is 6.77. The Labute approximate surface area is 161 Å². The van der Waals surface area contributed by atoms with Gasteiger partial charge >= 0.3 is 5.97 Å². The Morgan fingerprint density at radius 2 is 2.23 bits per heavy atom. The van der Waals surface area contributed by atoms with E-state index in [0.29, 0.717) is 29.5 Å². The van der Waals surface area contributed by atoms with Gasteiger partial charge in [0.2, 0.25) is 0 Å². The molecule has 0 aromatic heterocycles. The van der Waals surface area contributed by atoms with E-state index in [1.165, 1.54) is 6.92 Å². The van der Waals surface area contributed by atoms with Gasteiger partial charge in [0.25, 0.3) is 0 Å². The highest BCUT2D eigenvalue weighted by molar-refractivity contribution is 9.10. The van der Waals surface area contributed by atoms with E-state index in [1.54, 1.807) is 6.07 Å². The lowest BCUT2D eigenvalue weighted by atomic mass is 9.98. The Bertz CT molecular complexity index is 689. The average molecular weight is 426 g/mol. The zero-order valence-electron chi connectivity index (χ0n) is 15.0. The number of carbonyl (C=O) groups is 1. The van der Waals surface area contributed by atoms with Crippen LogP contribution >= 0.6 is 15.9 Å². The van der Waals surface area contributed by atoms with E-state index in [1.807, 2.05) is 12.1 Å². The SMILES string of the molecule is CCCCOC1C(c2cc(Br)ccc2O[C@@H](C)C(=O)O)=NOC1C1CC1. The first-order chi connectivity index (χ1) is 12.5. The number of nitrogens with zero attached hydrogens (tertiary/aromatic N) is 1. The number of unbranched alkanes of at least 4 members (excludes halogenated alkanes) is 1. The summed E-state index contributed by atoms with van der Waals surface area (Å²) >= 11 is 3.47. The van der Waals surface area contributed by atoms with Crippen molar-refractivity contribution in [3.05, 3.63) is 28.2 Å². The Morgan fingerprint density at radius 3 is 2.88 bits per heavy atom. The third-order valence-corrected chi connectivity index (χ3v) is 5.08. The molecule has 1 aliphatic carbocycles. The standard InChI is InChI=1S/C19H24BrNO5/c1-3-4-9-24-18-16(21-26-17(18)12-5-6-12)14-10-13(20)7-8-15(14)25-11(2)19(22)23/h7-8,10-12,17-18H,3-6,9H2,1-2H3,(H,22,23)/t11-,17?,18?/m0/s1. The van der Waals surface area contributed by atoms with Crippen molar-refractivity contribution in [2.45, 2.75) is 57.8 Å². The number of rotatable bonds is 9. The molecule has 1 N–H and O–H groups in total. The second-order valence-corrected chi connectivity index (χ2v) is 7.68. The van der Waals surface area contributed by atoms with Gasteiger partial charge in [0.15, 0.2) is 12.2 Å². The van der Waals surface area contributed by atoms with Crippen molar-refractivity contribution in [3.63, 3.8) is 0 Å². The highest BCUT2D eigenvalue weighted by Crippen LogP contribution is 2.41. The molecule has 6 nitrogen and oxygen atoms in total. The zero-order valence-corrected chi connectivity index (χ0v) is 16.6. The number of carboxylic acid groups (broad SMARTS) is 1. The molecular weight excluding hydrogens is 402 g/mol. The normalized spacial score (nSPS) is 23.3. The number of carboxylic acids is 1. The van der Waals surface area contributed by atoms with Crippen molar-refractivity contribution in [2.75, 3.05) is 6.61 Å². The maximum atomic E-state index is 11.2. The predicted octanol–water partition coefficient (Wildman–Crippen LogP) is 4.00. The minimum absolute atomic E-state index is 0.0782. The molecule has 1 fully saturated rings. The van der Waals surface area contributed by atoms with E-state index in [4.69, 9.17) is 19.4 Å². The highest BCUT2D eigenvalue weighted by Gasteiger charge is 2.46. The van der Waals surface area contributed by atoms with Crippen molar-refractivity contribution < 1.29 is 24.2 Å². The van der Waals surface area contributed by atoms with Gasteiger partial charge in [-0.25, -0.2) is 4.79 Å². The molecule has 3 rings (SSSR count). The lowest BCUT2D eigenvalue weighted by Gasteiger charge is -2.21. The molecule has 0 spiro atoms. The lowest BCUT2D eigenvalue weighted by molar-refractivity contribution is -0.144. The summed E-state index contributed by atoms with van der Waals surface area (Å²) in [5.74, 6) is -0.0848. The van der Waals surface area contributed by atoms with Crippen LogP contribution in [0.1, 0.15) is 45.1 Å². The number of oxime groups is 1. The van der Waals surface area contributed by atoms with E-state index >= 15 is 0 Å². The Morgan fingerprint density at radius 1 is 1.46 bits per heavy atom. The minimum Gasteiger partial charge on any atom is -0.479 e. The summed E-state index contributed by atoms with van der Waals surface area (Å²) < 4.78 is 12.6. The predicted molar refractivity (Wildman–Crippen MR) is 101 cm³/mol. The molecule has 0 saturated heterocycles. The fraction of sp³-hybridized carbons (Fsp3) is 0.579. The van der Waals surface area contributed by atoms with Crippen molar-refractivity contribution >= 4 is 27.6 Å². The monoisotopic (exact) mass is 425 g/mol. The van der Waals surface area contributed by atoms with Crippen LogP contribution < -0.4 is 4.74 Å². The smallest absolute Gasteiger partial charge is 0.344 e. The van der Waals surface area contributed by atoms with Crippen LogP contribution in [-0.4, -0.2) is 41.7 Å². The van der Waals surface area contributed by atoms with Crippen LogP contribution in [0.15, 0.2) is 27.8 Å². The Hall–Kier alpha value is -1.60.